The van der Waals surface area contributed by atoms with Crippen LogP contribution in [-0.2, 0) is 4.74 Å². The number of hydrogen-bond donors (Lipinski definition) is 1. The Morgan fingerprint density at radius 2 is 2.00 bits per heavy atom. The maximum absolute atomic E-state index is 6.36. The summed E-state index contributed by atoms with van der Waals surface area (Å²) in [5.74, 6) is 0. The summed E-state index contributed by atoms with van der Waals surface area (Å²) in [5, 5.41) is 0. The van der Waals surface area contributed by atoms with Crippen molar-refractivity contribution in [3.05, 3.63) is 0 Å². The molecule has 0 radical (unpaired) electrons. The van der Waals surface area contributed by atoms with Gasteiger partial charge in [-0.2, -0.15) is 0 Å². The molecule has 0 aromatic heterocycles. The second kappa shape index (κ2) is 6.33. The molecule has 2 aliphatic rings. The zero-order chi connectivity index (χ0) is 13.0. The van der Waals surface area contributed by atoms with Crippen LogP contribution in [0, 0.1) is 0 Å². The van der Waals surface area contributed by atoms with Gasteiger partial charge >= 0.3 is 0 Å². The van der Waals surface area contributed by atoms with E-state index in [4.69, 9.17) is 10.5 Å². The average molecular weight is 255 g/mol. The topological polar surface area (TPSA) is 41.7 Å². The van der Waals surface area contributed by atoms with Crippen molar-refractivity contribution < 1.29 is 4.74 Å². The summed E-state index contributed by atoms with van der Waals surface area (Å²) in [5.41, 5.74) is 6.34. The maximum Gasteiger partial charge on any atom is 0.0594 e. The van der Waals surface area contributed by atoms with Crippen LogP contribution in [0.4, 0.5) is 0 Å². The monoisotopic (exact) mass is 255 g/mol. The summed E-state index contributed by atoms with van der Waals surface area (Å²) in [7, 11) is 0. The molecular formula is C14H29N3O. The van der Waals surface area contributed by atoms with Crippen LogP contribution < -0.4 is 5.73 Å². The second-order valence-corrected chi connectivity index (χ2v) is 6.23. The van der Waals surface area contributed by atoms with E-state index in [2.05, 4.69) is 23.6 Å². The van der Waals surface area contributed by atoms with Crippen molar-refractivity contribution in [1.29, 1.82) is 0 Å². The Labute approximate surface area is 111 Å². The Kier molecular flexibility index (Phi) is 5.01. The molecule has 2 atom stereocenters. The average Bonchev–Trinajstić information content (AvgIpc) is 2.77. The molecule has 4 nitrogen and oxygen atoms in total. The molecule has 0 aromatic carbocycles. The van der Waals surface area contributed by atoms with Crippen molar-refractivity contribution in [2.75, 3.05) is 45.9 Å². The van der Waals surface area contributed by atoms with E-state index in [1.54, 1.807) is 0 Å². The third-order valence-electron chi connectivity index (χ3n) is 4.22. The van der Waals surface area contributed by atoms with E-state index in [0.717, 1.165) is 45.3 Å². The number of nitrogens with two attached hydrogens (primary N) is 1. The van der Waals surface area contributed by atoms with E-state index in [9.17, 15) is 0 Å². The zero-order valence-corrected chi connectivity index (χ0v) is 12.0. The van der Waals surface area contributed by atoms with Gasteiger partial charge in [-0.3, -0.25) is 9.80 Å². The molecule has 2 rings (SSSR count). The molecule has 0 amide bonds. The molecule has 0 aromatic rings. The fourth-order valence-corrected chi connectivity index (χ4v) is 3.36. The molecule has 2 heterocycles. The van der Waals surface area contributed by atoms with Gasteiger partial charge in [-0.15, -0.1) is 0 Å². The number of morpholine rings is 1. The lowest BCUT2D eigenvalue weighted by atomic mass is 9.97. The molecule has 2 aliphatic heterocycles. The van der Waals surface area contributed by atoms with E-state index < -0.39 is 0 Å². The molecule has 0 bridgehead atoms. The lowest BCUT2D eigenvalue weighted by molar-refractivity contribution is 0.0181. The van der Waals surface area contributed by atoms with Crippen molar-refractivity contribution in [3.8, 4) is 0 Å². The quantitative estimate of drug-likeness (QED) is 0.793. The van der Waals surface area contributed by atoms with E-state index in [-0.39, 0.29) is 5.54 Å². The minimum Gasteiger partial charge on any atom is -0.379 e. The minimum atomic E-state index is -0.0192. The van der Waals surface area contributed by atoms with Crippen LogP contribution in [0.1, 0.15) is 33.1 Å². The van der Waals surface area contributed by atoms with Gasteiger partial charge < -0.3 is 10.5 Å². The van der Waals surface area contributed by atoms with E-state index in [1.165, 1.54) is 25.9 Å². The van der Waals surface area contributed by atoms with Crippen molar-refractivity contribution in [3.63, 3.8) is 0 Å². The van der Waals surface area contributed by atoms with Crippen molar-refractivity contribution in [2.24, 2.45) is 5.73 Å². The van der Waals surface area contributed by atoms with E-state index in [1.807, 2.05) is 0 Å². The first kappa shape index (κ1) is 14.3. The predicted molar refractivity (Wildman–Crippen MR) is 74.7 cm³/mol. The van der Waals surface area contributed by atoms with Crippen LogP contribution in [0.15, 0.2) is 0 Å². The van der Waals surface area contributed by atoms with Gasteiger partial charge in [-0.25, -0.2) is 0 Å². The van der Waals surface area contributed by atoms with Gasteiger partial charge in [0.2, 0.25) is 0 Å². The molecule has 2 fully saturated rings. The summed E-state index contributed by atoms with van der Waals surface area (Å²) >= 11 is 0. The number of hydrogen-bond acceptors (Lipinski definition) is 4. The highest BCUT2D eigenvalue weighted by atomic mass is 16.5. The molecule has 0 aliphatic carbocycles. The summed E-state index contributed by atoms with van der Waals surface area (Å²) in [6, 6.07) is 0.728. The Balaban J connectivity index is 1.77. The number of ether oxygens (including phenoxy) is 1. The number of nitrogens with zero attached hydrogens (tertiary/aromatic N) is 2. The summed E-state index contributed by atoms with van der Waals surface area (Å²) in [6.07, 6.45) is 3.58. The highest BCUT2D eigenvalue weighted by molar-refractivity contribution is 4.89. The Hall–Kier alpha value is -0.160. The zero-order valence-electron chi connectivity index (χ0n) is 12.0. The highest BCUT2D eigenvalue weighted by Crippen LogP contribution is 2.20. The lowest BCUT2D eigenvalue weighted by Crippen LogP contribution is -2.49. The van der Waals surface area contributed by atoms with Gasteiger partial charge in [-0.1, -0.05) is 13.3 Å². The van der Waals surface area contributed by atoms with Crippen molar-refractivity contribution >= 4 is 0 Å². The third kappa shape index (κ3) is 3.92. The fourth-order valence-electron chi connectivity index (χ4n) is 3.36. The standard InChI is InChI=1S/C14H29N3O/c1-3-5-14(2,15)12-16-6-4-13(11-16)17-7-9-18-10-8-17/h13H,3-12,15H2,1-2H3. The molecule has 18 heavy (non-hydrogen) atoms. The van der Waals surface area contributed by atoms with Gasteiger partial charge in [0.15, 0.2) is 0 Å². The summed E-state index contributed by atoms with van der Waals surface area (Å²) in [6.45, 7) is 11.9. The van der Waals surface area contributed by atoms with Crippen LogP contribution in [-0.4, -0.2) is 67.3 Å². The molecule has 0 saturated carbocycles. The van der Waals surface area contributed by atoms with Gasteiger partial charge in [0, 0.05) is 37.8 Å². The molecular weight excluding hydrogens is 226 g/mol. The Morgan fingerprint density at radius 3 is 2.67 bits per heavy atom. The number of likely N-dealkylation sites (tertiary alicyclic amines) is 1. The minimum absolute atomic E-state index is 0.0192. The first-order chi connectivity index (χ1) is 8.61. The lowest BCUT2D eigenvalue weighted by Gasteiger charge is -2.33. The molecule has 0 spiro atoms. The first-order valence-corrected chi connectivity index (χ1v) is 7.44. The van der Waals surface area contributed by atoms with Gasteiger partial charge in [0.25, 0.3) is 0 Å². The molecule has 4 heteroatoms. The van der Waals surface area contributed by atoms with Gasteiger partial charge in [-0.05, 0) is 26.3 Å². The smallest absolute Gasteiger partial charge is 0.0594 e. The van der Waals surface area contributed by atoms with E-state index >= 15 is 0 Å². The van der Waals surface area contributed by atoms with Gasteiger partial charge in [0.05, 0.1) is 13.2 Å². The van der Waals surface area contributed by atoms with E-state index in [0.29, 0.717) is 0 Å². The van der Waals surface area contributed by atoms with Gasteiger partial charge in [0.1, 0.15) is 0 Å². The Bertz CT molecular complexity index is 251. The second-order valence-electron chi connectivity index (χ2n) is 6.23. The fraction of sp³-hybridized carbons (Fsp3) is 1.00. The summed E-state index contributed by atoms with van der Waals surface area (Å²) < 4.78 is 5.42. The van der Waals surface area contributed by atoms with Crippen LogP contribution in [0.2, 0.25) is 0 Å². The SMILES string of the molecule is CCCC(C)(N)CN1CCC(N2CCOCC2)C1. The molecule has 106 valence electrons. The molecule has 2 unspecified atom stereocenters. The largest absolute Gasteiger partial charge is 0.379 e. The number of rotatable bonds is 5. The maximum atomic E-state index is 6.36. The predicted octanol–water partition coefficient (Wildman–Crippen LogP) is 0.910. The van der Waals surface area contributed by atoms with Crippen LogP contribution in [0.5, 0.6) is 0 Å². The van der Waals surface area contributed by atoms with Crippen LogP contribution in [0.3, 0.4) is 0 Å². The molecule has 2 N–H and O–H groups in total. The van der Waals surface area contributed by atoms with Crippen molar-refractivity contribution in [1.82, 2.24) is 9.80 Å². The summed E-state index contributed by atoms with van der Waals surface area (Å²) in [4.78, 5) is 5.15. The Morgan fingerprint density at radius 1 is 1.28 bits per heavy atom. The molecule has 2 saturated heterocycles. The van der Waals surface area contributed by atoms with Crippen molar-refractivity contribution in [2.45, 2.75) is 44.7 Å². The van der Waals surface area contributed by atoms with Crippen LogP contribution >= 0.6 is 0 Å². The first-order valence-electron chi connectivity index (χ1n) is 7.44. The van der Waals surface area contributed by atoms with Crippen LogP contribution in [0.25, 0.3) is 0 Å². The highest BCUT2D eigenvalue weighted by Gasteiger charge is 2.31. The normalized spacial score (nSPS) is 30.5. The third-order valence-corrected chi connectivity index (χ3v) is 4.22.